The second-order valence-corrected chi connectivity index (χ2v) is 10.7. The monoisotopic (exact) mass is 471 g/mol. The topological polar surface area (TPSA) is 79.0 Å². The molecule has 0 radical (unpaired) electrons. The SMILES string of the molecule is Cc1cccc(C(CNC(=O)C2CCCCN2S(=O)(=O)c2ccccc2)N2CCOCC2)c1. The van der Waals surface area contributed by atoms with Gasteiger partial charge >= 0.3 is 0 Å². The molecule has 2 fully saturated rings. The molecule has 2 atom stereocenters. The summed E-state index contributed by atoms with van der Waals surface area (Å²) in [5.74, 6) is -0.222. The molecule has 2 unspecified atom stereocenters. The first-order chi connectivity index (χ1) is 16.0. The van der Waals surface area contributed by atoms with Crippen LogP contribution in [0.25, 0.3) is 0 Å². The first kappa shape index (κ1) is 23.9. The Morgan fingerprint density at radius 2 is 1.82 bits per heavy atom. The Kier molecular flexibility index (Phi) is 7.80. The zero-order valence-corrected chi connectivity index (χ0v) is 20.0. The highest BCUT2D eigenvalue weighted by Gasteiger charge is 2.38. The van der Waals surface area contributed by atoms with E-state index in [0.29, 0.717) is 32.7 Å². The van der Waals surface area contributed by atoms with Crippen molar-refractivity contribution in [2.75, 3.05) is 39.4 Å². The van der Waals surface area contributed by atoms with E-state index in [1.54, 1.807) is 30.3 Å². The highest BCUT2D eigenvalue weighted by Crippen LogP contribution is 2.26. The number of sulfonamides is 1. The van der Waals surface area contributed by atoms with E-state index < -0.39 is 16.1 Å². The Bertz CT molecular complexity index is 1040. The highest BCUT2D eigenvalue weighted by atomic mass is 32.2. The van der Waals surface area contributed by atoms with Crippen molar-refractivity contribution in [1.82, 2.24) is 14.5 Å². The van der Waals surface area contributed by atoms with Gasteiger partial charge in [-0.15, -0.1) is 0 Å². The lowest BCUT2D eigenvalue weighted by Crippen LogP contribution is -2.53. The van der Waals surface area contributed by atoms with Crippen LogP contribution in [0, 0.1) is 6.92 Å². The van der Waals surface area contributed by atoms with Crippen LogP contribution < -0.4 is 5.32 Å². The lowest BCUT2D eigenvalue weighted by Gasteiger charge is -2.37. The number of morpholine rings is 1. The van der Waals surface area contributed by atoms with Crippen molar-refractivity contribution in [2.24, 2.45) is 0 Å². The molecule has 2 heterocycles. The van der Waals surface area contributed by atoms with Gasteiger partial charge in [-0.3, -0.25) is 9.69 Å². The fourth-order valence-corrected chi connectivity index (χ4v) is 6.40. The first-order valence-corrected chi connectivity index (χ1v) is 13.1. The van der Waals surface area contributed by atoms with E-state index in [9.17, 15) is 13.2 Å². The van der Waals surface area contributed by atoms with Gasteiger partial charge in [0.15, 0.2) is 0 Å². The standard InChI is InChI=1S/C25H33N3O4S/c1-20-8-7-9-21(18-20)24(27-14-16-32-17-15-27)19-26-25(29)23-12-5-6-13-28(23)33(30,31)22-10-3-2-4-11-22/h2-4,7-11,18,23-24H,5-6,12-17,19H2,1H3,(H,26,29). The summed E-state index contributed by atoms with van der Waals surface area (Å²) in [4.78, 5) is 15.9. The summed E-state index contributed by atoms with van der Waals surface area (Å²) in [6.45, 7) is 5.79. The number of aryl methyl sites for hydroxylation is 1. The number of amides is 1. The van der Waals surface area contributed by atoms with E-state index in [1.807, 2.05) is 6.07 Å². The molecule has 8 heteroatoms. The normalized spacial score (nSPS) is 21.4. The maximum atomic E-state index is 13.3. The third kappa shape index (κ3) is 5.63. The van der Waals surface area contributed by atoms with E-state index in [1.165, 1.54) is 9.87 Å². The molecule has 7 nitrogen and oxygen atoms in total. The summed E-state index contributed by atoms with van der Waals surface area (Å²) < 4.78 is 33.4. The van der Waals surface area contributed by atoms with E-state index in [0.717, 1.165) is 31.5 Å². The maximum absolute atomic E-state index is 13.3. The Morgan fingerprint density at radius 1 is 1.06 bits per heavy atom. The number of carbonyl (C=O) groups is 1. The Labute approximate surface area is 196 Å². The van der Waals surface area contributed by atoms with Gasteiger partial charge in [0.05, 0.1) is 24.2 Å². The number of hydrogen-bond acceptors (Lipinski definition) is 5. The smallest absolute Gasteiger partial charge is 0.243 e. The Hall–Kier alpha value is -2.26. The molecule has 2 saturated heterocycles. The zero-order chi connectivity index (χ0) is 23.3. The zero-order valence-electron chi connectivity index (χ0n) is 19.2. The molecule has 1 amide bonds. The van der Waals surface area contributed by atoms with Crippen molar-refractivity contribution in [3.05, 3.63) is 65.7 Å². The summed E-state index contributed by atoms with van der Waals surface area (Å²) in [6.07, 6.45) is 2.13. The molecule has 2 aromatic rings. The molecule has 1 N–H and O–H groups in total. The summed E-state index contributed by atoms with van der Waals surface area (Å²) >= 11 is 0. The van der Waals surface area contributed by atoms with Crippen LogP contribution in [0.3, 0.4) is 0 Å². The molecule has 0 bridgehead atoms. The van der Waals surface area contributed by atoms with Crippen LogP contribution in [0.2, 0.25) is 0 Å². The van der Waals surface area contributed by atoms with E-state index in [4.69, 9.17) is 4.74 Å². The van der Waals surface area contributed by atoms with Crippen LogP contribution in [0.4, 0.5) is 0 Å². The number of carbonyl (C=O) groups excluding carboxylic acids is 1. The highest BCUT2D eigenvalue weighted by molar-refractivity contribution is 7.89. The van der Waals surface area contributed by atoms with Gasteiger partial charge in [-0.05, 0) is 37.5 Å². The number of ether oxygens (including phenoxy) is 1. The average molecular weight is 472 g/mol. The van der Waals surface area contributed by atoms with E-state index in [2.05, 4.69) is 35.3 Å². The number of piperidine rings is 1. The lowest BCUT2D eigenvalue weighted by molar-refractivity contribution is -0.126. The lowest BCUT2D eigenvalue weighted by atomic mass is 10.0. The summed E-state index contributed by atoms with van der Waals surface area (Å²) in [5.41, 5.74) is 2.32. The van der Waals surface area contributed by atoms with Crippen molar-refractivity contribution in [3.8, 4) is 0 Å². The number of nitrogens with zero attached hydrogens (tertiary/aromatic N) is 2. The van der Waals surface area contributed by atoms with Gasteiger partial charge in [0, 0.05) is 26.2 Å². The van der Waals surface area contributed by atoms with Crippen LogP contribution in [0.1, 0.15) is 36.4 Å². The molecule has 178 valence electrons. The van der Waals surface area contributed by atoms with Crippen LogP contribution in [-0.2, 0) is 19.6 Å². The van der Waals surface area contributed by atoms with Crippen molar-refractivity contribution in [3.63, 3.8) is 0 Å². The van der Waals surface area contributed by atoms with Crippen LogP contribution >= 0.6 is 0 Å². The van der Waals surface area contributed by atoms with Gasteiger partial charge in [-0.1, -0.05) is 54.4 Å². The summed E-state index contributed by atoms with van der Waals surface area (Å²) in [5, 5.41) is 3.09. The maximum Gasteiger partial charge on any atom is 0.243 e. The number of nitrogens with one attached hydrogen (secondary N) is 1. The Balaban J connectivity index is 1.51. The van der Waals surface area contributed by atoms with E-state index >= 15 is 0 Å². The van der Waals surface area contributed by atoms with Crippen molar-refractivity contribution >= 4 is 15.9 Å². The van der Waals surface area contributed by atoms with Gasteiger partial charge in [0.1, 0.15) is 6.04 Å². The van der Waals surface area contributed by atoms with Gasteiger partial charge in [0.25, 0.3) is 0 Å². The molecule has 0 spiro atoms. The summed E-state index contributed by atoms with van der Waals surface area (Å²) in [7, 11) is -3.73. The Morgan fingerprint density at radius 3 is 2.55 bits per heavy atom. The molecule has 33 heavy (non-hydrogen) atoms. The third-order valence-electron chi connectivity index (χ3n) is 6.49. The van der Waals surface area contributed by atoms with E-state index in [-0.39, 0.29) is 16.8 Å². The van der Waals surface area contributed by atoms with Gasteiger partial charge in [0.2, 0.25) is 15.9 Å². The van der Waals surface area contributed by atoms with Gasteiger partial charge in [-0.2, -0.15) is 4.31 Å². The second kappa shape index (κ2) is 10.8. The minimum Gasteiger partial charge on any atom is -0.379 e. The average Bonchev–Trinajstić information content (AvgIpc) is 2.85. The fourth-order valence-electron chi connectivity index (χ4n) is 4.72. The van der Waals surface area contributed by atoms with Gasteiger partial charge in [-0.25, -0.2) is 8.42 Å². The first-order valence-electron chi connectivity index (χ1n) is 11.7. The molecule has 2 aromatic carbocycles. The number of rotatable bonds is 7. The number of benzene rings is 2. The minimum absolute atomic E-state index is 0.0144. The molecule has 0 aromatic heterocycles. The molecular formula is C25H33N3O4S. The number of hydrogen-bond donors (Lipinski definition) is 1. The third-order valence-corrected chi connectivity index (χ3v) is 8.41. The molecule has 0 saturated carbocycles. The molecule has 4 rings (SSSR count). The van der Waals surface area contributed by atoms with Crippen LogP contribution in [-0.4, -0.2) is 69.0 Å². The predicted molar refractivity (Wildman–Crippen MR) is 127 cm³/mol. The molecule has 2 aliphatic heterocycles. The second-order valence-electron chi connectivity index (χ2n) is 8.76. The fraction of sp³-hybridized carbons (Fsp3) is 0.480. The largest absolute Gasteiger partial charge is 0.379 e. The molecular weight excluding hydrogens is 438 g/mol. The van der Waals surface area contributed by atoms with Crippen molar-refractivity contribution in [2.45, 2.75) is 43.2 Å². The van der Waals surface area contributed by atoms with Crippen LogP contribution in [0.5, 0.6) is 0 Å². The quantitative estimate of drug-likeness (QED) is 0.672. The summed E-state index contributed by atoms with van der Waals surface area (Å²) in [6, 6.07) is 16.0. The van der Waals surface area contributed by atoms with Crippen molar-refractivity contribution < 1.29 is 17.9 Å². The molecule has 2 aliphatic rings. The molecule has 0 aliphatic carbocycles. The van der Waals surface area contributed by atoms with Crippen molar-refractivity contribution in [1.29, 1.82) is 0 Å². The van der Waals surface area contributed by atoms with Gasteiger partial charge < -0.3 is 10.1 Å². The van der Waals surface area contributed by atoms with Crippen LogP contribution in [0.15, 0.2) is 59.5 Å². The minimum atomic E-state index is -3.73. The predicted octanol–water partition coefficient (Wildman–Crippen LogP) is 2.73.